The average Bonchev–Trinajstić information content (AvgIpc) is 2.74. The molecule has 0 aliphatic carbocycles. The van der Waals surface area contributed by atoms with Crippen molar-refractivity contribution in [2.45, 2.75) is 20.0 Å². The van der Waals surface area contributed by atoms with Crippen LogP contribution in [-0.4, -0.2) is 4.98 Å². The Bertz CT molecular complexity index is 454. The largest absolute Gasteiger partial charge is 0.306 e. The average molecular weight is 297 g/mol. The van der Waals surface area contributed by atoms with Crippen LogP contribution in [0.3, 0.4) is 0 Å². The normalized spacial score (nSPS) is 10.6. The van der Waals surface area contributed by atoms with Crippen molar-refractivity contribution in [3.05, 3.63) is 50.4 Å². The van der Waals surface area contributed by atoms with Crippen molar-refractivity contribution in [1.82, 2.24) is 10.3 Å². The van der Waals surface area contributed by atoms with Gasteiger partial charge in [0.05, 0.1) is 0 Å². The molecule has 0 amide bonds. The second-order valence-corrected chi connectivity index (χ2v) is 5.46. The molecule has 0 bridgehead atoms. The van der Waals surface area contributed by atoms with Gasteiger partial charge in [-0.3, -0.25) is 0 Å². The zero-order valence-electron chi connectivity index (χ0n) is 9.03. The molecule has 0 radical (unpaired) electrons. The topological polar surface area (TPSA) is 24.9 Å². The number of aromatic nitrogens is 1. The summed E-state index contributed by atoms with van der Waals surface area (Å²) in [6.45, 7) is 3.79. The molecule has 16 heavy (non-hydrogen) atoms. The number of aryl methyl sites for hydroxylation is 1. The van der Waals surface area contributed by atoms with Gasteiger partial charge in [-0.15, -0.1) is 11.3 Å². The van der Waals surface area contributed by atoms with Gasteiger partial charge in [-0.05, 0) is 24.1 Å². The molecule has 0 aliphatic rings. The fourth-order valence-corrected chi connectivity index (χ4v) is 2.66. The van der Waals surface area contributed by atoms with E-state index in [1.54, 1.807) is 11.3 Å². The van der Waals surface area contributed by atoms with Gasteiger partial charge in [0.15, 0.2) is 0 Å². The van der Waals surface area contributed by atoms with Crippen LogP contribution in [0.1, 0.15) is 16.1 Å². The van der Waals surface area contributed by atoms with Crippen molar-refractivity contribution in [2.75, 3.05) is 0 Å². The Kier molecular flexibility index (Phi) is 4.09. The van der Waals surface area contributed by atoms with E-state index in [-0.39, 0.29) is 0 Å². The Balaban J connectivity index is 1.90. The van der Waals surface area contributed by atoms with Crippen molar-refractivity contribution in [1.29, 1.82) is 0 Å². The summed E-state index contributed by atoms with van der Waals surface area (Å²) in [7, 11) is 0. The molecule has 2 rings (SSSR count). The zero-order valence-corrected chi connectivity index (χ0v) is 11.4. The van der Waals surface area contributed by atoms with E-state index < -0.39 is 0 Å². The predicted octanol–water partition coefficient (Wildman–Crippen LogP) is 3.50. The first kappa shape index (κ1) is 11.8. The molecule has 1 aromatic carbocycles. The maximum absolute atomic E-state index is 4.23. The molecular weight excluding hydrogens is 284 g/mol. The highest BCUT2D eigenvalue weighted by molar-refractivity contribution is 9.10. The Hall–Kier alpha value is -0.710. The first-order valence-corrected chi connectivity index (χ1v) is 6.77. The molecule has 1 aromatic heterocycles. The summed E-state index contributed by atoms with van der Waals surface area (Å²) in [6.07, 6.45) is 1.84. The molecule has 0 unspecified atom stereocenters. The molecule has 0 atom stereocenters. The first-order chi connectivity index (χ1) is 7.75. The molecule has 4 heteroatoms. The molecule has 1 heterocycles. The van der Waals surface area contributed by atoms with E-state index in [1.165, 1.54) is 15.6 Å². The number of halogens is 1. The quantitative estimate of drug-likeness (QED) is 0.934. The predicted molar refractivity (Wildman–Crippen MR) is 71.5 cm³/mol. The van der Waals surface area contributed by atoms with Crippen molar-refractivity contribution < 1.29 is 0 Å². The number of hydrogen-bond acceptors (Lipinski definition) is 3. The third-order valence-electron chi connectivity index (χ3n) is 2.28. The van der Waals surface area contributed by atoms with Gasteiger partial charge in [-0.2, -0.15) is 0 Å². The smallest absolute Gasteiger partial charge is 0.106 e. The maximum atomic E-state index is 4.23. The lowest BCUT2D eigenvalue weighted by Gasteiger charge is -2.06. The summed E-state index contributed by atoms with van der Waals surface area (Å²) in [5.41, 5.74) is 2.55. The minimum absolute atomic E-state index is 0.831. The first-order valence-electron chi connectivity index (χ1n) is 5.10. The zero-order chi connectivity index (χ0) is 11.4. The summed E-state index contributed by atoms with van der Waals surface area (Å²) in [6, 6.07) is 6.42. The second-order valence-electron chi connectivity index (χ2n) is 3.62. The lowest BCUT2D eigenvalue weighted by molar-refractivity contribution is 0.688. The Morgan fingerprint density at radius 3 is 2.94 bits per heavy atom. The van der Waals surface area contributed by atoms with Crippen LogP contribution in [0.5, 0.6) is 0 Å². The van der Waals surface area contributed by atoms with Gasteiger partial charge < -0.3 is 5.32 Å². The third-order valence-corrected chi connectivity index (χ3v) is 3.80. The fourth-order valence-electron chi connectivity index (χ4n) is 1.44. The SMILES string of the molecule is Cc1ccc(CNCc2nccs2)c(Br)c1. The summed E-state index contributed by atoms with van der Waals surface area (Å²) in [5.74, 6) is 0. The molecule has 0 saturated heterocycles. The highest BCUT2D eigenvalue weighted by Crippen LogP contribution is 2.18. The van der Waals surface area contributed by atoms with Crippen LogP contribution in [0.15, 0.2) is 34.2 Å². The van der Waals surface area contributed by atoms with Gasteiger partial charge in [0.1, 0.15) is 5.01 Å². The molecule has 2 aromatic rings. The molecule has 2 nitrogen and oxygen atoms in total. The number of nitrogens with zero attached hydrogens (tertiary/aromatic N) is 1. The third kappa shape index (κ3) is 3.14. The lowest BCUT2D eigenvalue weighted by Crippen LogP contribution is -2.12. The van der Waals surface area contributed by atoms with Crippen LogP contribution in [-0.2, 0) is 13.1 Å². The molecule has 0 saturated carbocycles. The Morgan fingerprint density at radius 2 is 2.25 bits per heavy atom. The fraction of sp³-hybridized carbons (Fsp3) is 0.250. The van der Waals surface area contributed by atoms with E-state index >= 15 is 0 Å². The van der Waals surface area contributed by atoms with E-state index in [2.05, 4.69) is 51.4 Å². The van der Waals surface area contributed by atoms with Crippen LogP contribution in [0, 0.1) is 6.92 Å². The molecular formula is C12H13BrN2S. The molecule has 0 spiro atoms. The van der Waals surface area contributed by atoms with Crippen LogP contribution in [0.2, 0.25) is 0 Å². The second kappa shape index (κ2) is 5.57. The maximum Gasteiger partial charge on any atom is 0.106 e. The van der Waals surface area contributed by atoms with Crippen molar-refractivity contribution in [3.8, 4) is 0 Å². The van der Waals surface area contributed by atoms with E-state index in [0.29, 0.717) is 0 Å². The van der Waals surface area contributed by atoms with Gasteiger partial charge in [-0.1, -0.05) is 28.1 Å². The van der Waals surface area contributed by atoms with Crippen molar-refractivity contribution in [3.63, 3.8) is 0 Å². The van der Waals surface area contributed by atoms with Crippen LogP contribution in [0.25, 0.3) is 0 Å². The van der Waals surface area contributed by atoms with Gasteiger partial charge in [-0.25, -0.2) is 4.98 Å². The van der Waals surface area contributed by atoms with Gasteiger partial charge in [0.25, 0.3) is 0 Å². The van der Waals surface area contributed by atoms with Gasteiger partial charge in [0, 0.05) is 29.1 Å². The number of rotatable bonds is 4. The number of thiazole rings is 1. The lowest BCUT2D eigenvalue weighted by atomic mass is 10.1. The Morgan fingerprint density at radius 1 is 1.38 bits per heavy atom. The van der Waals surface area contributed by atoms with E-state index in [1.807, 2.05) is 11.6 Å². The van der Waals surface area contributed by atoms with E-state index in [0.717, 1.165) is 18.1 Å². The molecule has 0 fully saturated rings. The standard InChI is InChI=1S/C12H13BrN2S/c1-9-2-3-10(11(13)6-9)7-14-8-12-15-4-5-16-12/h2-6,14H,7-8H2,1H3. The van der Waals surface area contributed by atoms with Gasteiger partial charge in [0.2, 0.25) is 0 Å². The number of nitrogens with one attached hydrogen (secondary N) is 1. The highest BCUT2D eigenvalue weighted by Gasteiger charge is 2.00. The summed E-state index contributed by atoms with van der Waals surface area (Å²) >= 11 is 5.25. The van der Waals surface area contributed by atoms with Crippen molar-refractivity contribution >= 4 is 27.3 Å². The van der Waals surface area contributed by atoms with E-state index in [9.17, 15) is 0 Å². The number of benzene rings is 1. The van der Waals surface area contributed by atoms with Crippen LogP contribution in [0.4, 0.5) is 0 Å². The molecule has 0 aliphatic heterocycles. The van der Waals surface area contributed by atoms with E-state index in [4.69, 9.17) is 0 Å². The summed E-state index contributed by atoms with van der Waals surface area (Å²) in [4.78, 5) is 4.23. The monoisotopic (exact) mass is 296 g/mol. The minimum atomic E-state index is 0.831. The summed E-state index contributed by atoms with van der Waals surface area (Å²) in [5, 5.41) is 6.51. The Labute approximate surface area is 108 Å². The van der Waals surface area contributed by atoms with Gasteiger partial charge >= 0.3 is 0 Å². The number of hydrogen-bond donors (Lipinski definition) is 1. The van der Waals surface area contributed by atoms with Crippen LogP contribution < -0.4 is 5.32 Å². The van der Waals surface area contributed by atoms with Crippen LogP contribution >= 0.6 is 27.3 Å². The minimum Gasteiger partial charge on any atom is -0.306 e. The summed E-state index contributed by atoms with van der Waals surface area (Å²) < 4.78 is 1.17. The molecule has 84 valence electrons. The molecule has 1 N–H and O–H groups in total. The van der Waals surface area contributed by atoms with Crippen molar-refractivity contribution in [2.24, 2.45) is 0 Å². The highest BCUT2D eigenvalue weighted by atomic mass is 79.9.